The molecule has 0 aromatic rings. The molecule has 0 aliphatic heterocycles. The van der Waals surface area contributed by atoms with Crippen LogP contribution >= 0.6 is 0 Å². The van der Waals surface area contributed by atoms with Gasteiger partial charge in [-0.2, -0.15) is 0 Å². The predicted octanol–water partition coefficient (Wildman–Crippen LogP) is 2.06. The smallest absolute Gasteiger partial charge is 0.356 e. The van der Waals surface area contributed by atoms with Crippen LogP contribution in [0.1, 0.15) is 26.7 Å². The topological polar surface area (TPSA) is 55.7 Å². The largest absolute Gasteiger partial charge is 0.464 e. The van der Waals surface area contributed by atoms with Gasteiger partial charge in [-0.25, -0.2) is 9.79 Å². The van der Waals surface area contributed by atoms with Crippen LogP contribution in [0.3, 0.4) is 0 Å². The van der Waals surface area contributed by atoms with E-state index in [9.17, 15) is 9.59 Å². The number of hydrogen-bond donors (Lipinski definition) is 0. The van der Waals surface area contributed by atoms with Crippen LogP contribution in [0.2, 0.25) is 0 Å². The number of ether oxygens (including phenoxy) is 1. The van der Waals surface area contributed by atoms with Crippen molar-refractivity contribution in [3.8, 4) is 0 Å². The molecule has 0 aromatic carbocycles. The molecule has 4 heteroatoms. The number of Topliss-reactive ketones (excluding diaryl/α,β-unsaturated/α-hetero) is 1. The van der Waals surface area contributed by atoms with Crippen molar-refractivity contribution in [1.29, 1.82) is 0 Å². The van der Waals surface area contributed by atoms with Crippen LogP contribution in [-0.2, 0) is 14.3 Å². The molecular formula is C12H17NO3. The minimum absolute atomic E-state index is 0.148. The van der Waals surface area contributed by atoms with Crippen molar-refractivity contribution in [3.05, 3.63) is 24.4 Å². The maximum absolute atomic E-state index is 11.3. The Labute approximate surface area is 95.7 Å². The standard InChI is InChI=1S/C12H17NO3/c1-5-7-8-11(12(15)16-4)13-10(6-2)9(3)14/h6,8H,2,5,7H2,1,3-4H3. The summed E-state index contributed by atoms with van der Waals surface area (Å²) in [5, 5.41) is 0. The molecule has 0 radical (unpaired) electrons. The second kappa shape index (κ2) is 7.56. The zero-order valence-electron chi connectivity index (χ0n) is 9.95. The van der Waals surface area contributed by atoms with Gasteiger partial charge in [0.1, 0.15) is 11.4 Å². The molecule has 0 rings (SSSR count). The van der Waals surface area contributed by atoms with Crippen LogP contribution in [0.25, 0.3) is 0 Å². The molecule has 16 heavy (non-hydrogen) atoms. The van der Waals surface area contributed by atoms with Crippen LogP contribution in [0.15, 0.2) is 29.4 Å². The monoisotopic (exact) mass is 223 g/mol. The number of carbonyl (C=O) groups excluding carboxylic acids is 2. The fourth-order valence-corrected chi connectivity index (χ4v) is 0.958. The van der Waals surface area contributed by atoms with E-state index >= 15 is 0 Å². The van der Waals surface area contributed by atoms with E-state index in [1.165, 1.54) is 20.1 Å². The van der Waals surface area contributed by atoms with Gasteiger partial charge in [-0.05, 0) is 12.5 Å². The van der Waals surface area contributed by atoms with Gasteiger partial charge >= 0.3 is 5.97 Å². The Morgan fingerprint density at radius 2 is 2.06 bits per heavy atom. The van der Waals surface area contributed by atoms with Gasteiger partial charge in [-0.3, -0.25) is 4.79 Å². The summed E-state index contributed by atoms with van der Waals surface area (Å²) in [4.78, 5) is 26.4. The lowest BCUT2D eigenvalue weighted by Crippen LogP contribution is -2.10. The van der Waals surface area contributed by atoms with E-state index in [2.05, 4.69) is 16.3 Å². The summed E-state index contributed by atoms with van der Waals surface area (Å²) in [5.41, 5.74) is 0.308. The fraction of sp³-hybridized carbons (Fsp3) is 0.417. The van der Waals surface area contributed by atoms with Gasteiger partial charge in [0.05, 0.1) is 7.11 Å². The summed E-state index contributed by atoms with van der Waals surface area (Å²) in [5.74, 6) is -0.782. The van der Waals surface area contributed by atoms with Crippen molar-refractivity contribution in [2.24, 2.45) is 4.99 Å². The number of methoxy groups -OCH3 is 1. The zero-order chi connectivity index (χ0) is 12.6. The molecule has 0 atom stereocenters. The highest BCUT2D eigenvalue weighted by atomic mass is 16.5. The zero-order valence-corrected chi connectivity index (χ0v) is 9.95. The number of rotatable bonds is 6. The Morgan fingerprint density at radius 3 is 2.44 bits per heavy atom. The average molecular weight is 223 g/mol. The van der Waals surface area contributed by atoms with Gasteiger partial charge in [-0.1, -0.05) is 26.0 Å². The minimum atomic E-state index is -0.547. The molecule has 0 spiro atoms. The molecule has 0 fully saturated rings. The first kappa shape index (κ1) is 14.3. The summed E-state index contributed by atoms with van der Waals surface area (Å²) in [6.45, 7) is 6.82. The van der Waals surface area contributed by atoms with Crippen LogP contribution < -0.4 is 0 Å². The Balaban J connectivity index is 5.12. The highest BCUT2D eigenvalue weighted by Crippen LogP contribution is 2.05. The van der Waals surface area contributed by atoms with Gasteiger partial charge in [0, 0.05) is 6.92 Å². The lowest BCUT2D eigenvalue weighted by atomic mass is 10.2. The number of ketones is 1. The first-order valence-electron chi connectivity index (χ1n) is 5.07. The molecule has 0 unspecified atom stereocenters. The Bertz CT molecular complexity index is 340. The van der Waals surface area contributed by atoms with E-state index in [0.717, 1.165) is 6.42 Å². The van der Waals surface area contributed by atoms with Crippen molar-refractivity contribution in [2.75, 3.05) is 7.11 Å². The summed E-state index contributed by atoms with van der Waals surface area (Å²) in [6.07, 6.45) is 4.57. The molecule has 0 aromatic heterocycles. The second-order valence-corrected chi connectivity index (χ2v) is 3.13. The van der Waals surface area contributed by atoms with Crippen LogP contribution in [0.4, 0.5) is 0 Å². The summed E-state index contributed by atoms with van der Waals surface area (Å²) in [7, 11) is 1.28. The lowest BCUT2D eigenvalue weighted by molar-refractivity contribution is -0.136. The average Bonchev–Trinajstić information content (AvgIpc) is 2.28. The van der Waals surface area contributed by atoms with Crippen LogP contribution in [0.5, 0.6) is 0 Å². The summed E-state index contributed by atoms with van der Waals surface area (Å²) in [6, 6.07) is 0. The van der Waals surface area contributed by atoms with Crippen molar-refractivity contribution >= 4 is 17.5 Å². The highest BCUT2D eigenvalue weighted by Gasteiger charge is 2.10. The molecule has 0 amide bonds. The fourth-order valence-electron chi connectivity index (χ4n) is 0.958. The maximum atomic E-state index is 11.3. The number of hydrogen-bond acceptors (Lipinski definition) is 4. The molecular weight excluding hydrogens is 206 g/mol. The van der Waals surface area contributed by atoms with Crippen molar-refractivity contribution in [3.63, 3.8) is 0 Å². The van der Waals surface area contributed by atoms with Crippen molar-refractivity contribution < 1.29 is 14.3 Å². The number of unbranched alkanes of at least 4 members (excludes halogenated alkanes) is 1. The number of allylic oxidation sites excluding steroid dienone is 2. The predicted molar refractivity (Wildman–Crippen MR) is 63.3 cm³/mol. The summed E-state index contributed by atoms with van der Waals surface area (Å²) >= 11 is 0. The molecule has 0 aliphatic rings. The van der Waals surface area contributed by atoms with Gasteiger partial charge in [0.25, 0.3) is 0 Å². The van der Waals surface area contributed by atoms with E-state index in [4.69, 9.17) is 0 Å². The molecule has 0 heterocycles. The highest BCUT2D eigenvalue weighted by molar-refractivity contribution is 6.43. The first-order chi connectivity index (χ1) is 7.56. The van der Waals surface area contributed by atoms with Gasteiger partial charge in [0.2, 0.25) is 0 Å². The third-order valence-corrected chi connectivity index (χ3v) is 1.82. The Hall–Kier alpha value is -1.71. The van der Waals surface area contributed by atoms with Crippen LogP contribution in [-0.4, -0.2) is 24.6 Å². The second-order valence-electron chi connectivity index (χ2n) is 3.13. The van der Waals surface area contributed by atoms with E-state index in [0.29, 0.717) is 6.42 Å². The molecule has 0 saturated carbocycles. The lowest BCUT2D eigenvalue weighted by Gasteiger charge is -2.01. The normalized spacial score (nSPS) is 12.2. The molecule has 0 N–H and O–H groups in total. The third-order valence-electron chi connectivity index (χ3n) is 1.82. The Kier molecular flexibility index (Phi) is 6.76. The van der Waals surface area contributed by atoms with Gasteiger partial charge in [-0.15, -0.1) is 0 Å². The first-order valence-corrected chi connectivity index (χ1v) is 5.07. The van der Waals surface area contributed by atoms with Crippen molar-refractivity contribution in [2.45, 2.75) is 26.7 Å². The number of aliphatic imine (C=N–C) groups is 1. The summed E-state index contributed by atoms with van der Waals surface area (Å²) < 4.78 is 4.57. The van der Waals surface area contributed by atoms with E-state index < -0.39 is 5.97 Å². The quantitative estimate of drug-likeness (QED) is 0.393. The van der Waals surface area contributed by atoms with E-state index in [1.807, 2.05) is 6.92 Å². The molecule has 88 valence electrons. The minimum Gasteiger partial charge on any atom is -0.464 e. The number of nitrogens with zero attached hydrogens (tertiary/aromatic N) is 1. The third kappa shape index (κ3) is 4.68. The van der Waals surface area contributed by atoms with Crippen molar-refractivity contribution in [1.82, 2.24) is 0 Å². The molecule has 0 saturated heterocycles. The number of esters is 1. The van der Waals surface area contributed by atoms with Gasteiger partial charge in [0.15, 0.2) is 5.78 Å². The SMILES string of the molecule is C=CC(=NC(=CCCC)C(=O)OC)C(C)=O. The number of carbonyl (C=O) groups is 2. The Morgan fingerprint density at radius 1 is 1.44 bits per heavy atom. The van der Waals surface area contributed by atoms with E-state index in [1.54, 1.807) is 6.08 Å². The molecule has 0 aliphatic carbocycles. The maximum Gasteiger partial charge on any atom is 0.356 e. The van der Waals surface area contributed by atoms with Crippen LogP contribution in [0, 0.1) is 0 Å². The van der Waals surface area contributed by atoms with E-state index in [-0.39, 0.29) is 17.2 Å². The molecule has 0 bridgehead atoms. The molecule has 4 nitrogen and oxygen atoms in total. The van der Waals surface area contributed by atoms with Gasteiger partial charge < -0.3 is 4.74 Å².